The zero-order valence-corrected chi connectivity index (χ0v) is 13.2. The molecule has 7 heteroatoms. The molecule has 0 saturated carbocycles. The number of hydrogen-bond donors (Lipinski definition) is 3. The van der Waals surface area contributed by atoms with E-state index in [1.54, 1.807) is 24.4 Å². The molecule has 0 aliphatic heterocycles. The summed E-state index contributed by atoms with van der Waals surface area (Å²) in [7, 11) is 0. The van der Waals surface area contributed by atoms with Gasteiger partial charge in [0.1, 0.15) is 5.75 Å². The third-order valence-electron chi connectivity index (χ3n) is 2.71. The summed E-state index contributed by atoms with van der Waals surface area (Å²) < 4.78 is 0.583. The van der Waals surface area contributed by atoms with Crippen LogP contribution in [0.1, 0.15) is 31.0 Å². The Morgan fingerprint density at radius 1 is 1.43 bits per heavy atom. The van der Waals surface area contributed by atoms with Crippen LogP contribution in [-0.4, -0.2) is 21.3 Å². The molecule has 0 fully saturated rings. The van der Waals surface area contributed by atoms with Gasteiger partial charge in [-0.25, -0.2) is 10.4 Å². The van der Waals surface area contributed by atoms with Gasteiger partial charge in [-0.15, -0.1) is 0 Å². The zero-order valence-electron chi connectivity index (χ0n) is 11.6. The molecule has 0 radical (unpaired) electrons. The predicted octanol–water partition coefficient (Wildman–Crippen LogP) is 2.81. The zero-order chi connectivity index (χ0) is 15.4. The number of halogens is 1. The first-order valence-corrected chi connectivity index (χ1v) is 7.14. The maximum absolute atomic E-state index is 11.5. The molecule has 21 heavy (non-hydrogen) atoms. The van der Waals surface area contributed by atoms with Crippen LogP contribution < -0.4 is 11.0 Å². The highest BCUT2D eigenvalue weighted by atomic mass is 79.9. The van der Waals surface area contributed by atoms with Crippen molar-refractivity contribution in [1.82, 2.24) is 9.97 Å². The lowest BCUT2D eigenvalue weighted by Crippen LogP contribution is -2.12. The Morgan fingerprint density at radius 3 is 2.86 bits per heavy atom. The molecule has 0 unspecified atom stereocenters. The molecule has 1 aromatic carbocycles. The second-order valence-electron chi connectivity index (χ2n) is 4.75. The highest BCUT2D eigenvalue weighted by molar-refractivity contribution is 9.10. The Kier molecular flexibility index (Phi) is 4.74. The van der Waals surface area contributed by atoms with E-state index in [-0.39, 0.29) is 17.2 Å². The molecule has 3 N–H and O–H groups in total. The third-order valence-corrected chi connectivity index (χ3v) is 3.34. The van der Waals surface area contributed by atoms with Crippen molar-refractivity contribution in [3.8, 4) is 5.75 Å². The highest BCUT2D eigenvalue weighted by Crippen LogP contribution is 2.23. The van der Waals surface area contributed by atoms with E-state index < -0.39 is 0 Å². The number of hydrogen-bond acceptors (Lipinski definition) is 5. The number of anilines is 1. The van der Waals surface area contributed by atoms with Gasteiger partial charge in [0, 0.05) is 6.07 Å². The molecule has 0 spiro atoms. The molecule has 0 atom stereocenters. The summed E-state index contributed by atoms with van der Waals surface area (Å²) in [6, 6.07) is 6.47. The monoisotopic (exact) mass is 350 g/mol. The molecule has 110 valence electrons. The molecule has 1 heterocycles. The maximum atomic E-state index is 11.5. The fourth-order valence-corrected chi connectivity index (χ4v) is 1.99. The first kappa shape index (κ1) is 15.2. The summed E-state index contributed by atoms with van der Waals surface area (Å²) >= 11 is 3.23. The summed E-state index contributed by atoms with van der Waals surface area (Å²) in [6.45, 7) is 3.92. The van der Waals surface area contributed by atoms with Crippen LogP contribution in [0.5, 0.6) is 5.75 Å². The molecule has 2 aromatic rings. The van der Waals surface area contributed by atoms with Gasteiger partial charge in [-0.2, -0.15) is 5.10 Å². The van der Waals surface area contributed by atoms with Crippen molar-refractivity contribution in [2.75, 3.05) is 5.43 Å². The number of aromatic amines is 1. The van der Waals surface area contributed by atoms with Crippen LogP contribution in [0.2, 0.25) is 0 Å². The average Bonchev–Trinajstić information content (AvgIpc) is 2.42. The average molecular weight is 351 g/mol. The minimum atomic E-state index is -0.223. The lowest BCUT2D eigenvalue weighted by molar-refractivity contribution is 0.472. The van der Waals surface area contributed by atoms with Crippen molar-refractivity contribution in [2.45, 2.75) is 19.8 Å². The number of aromatic nitrogens is 2. The molecular weight excluding hydrogens is 336 g/mol. The van der Waals surface area contributed by atoms with Gasteiger partial charge in [0.2, 0.25) is 5.95 Å². The molecule has 0 aliphatic carbocycles. The molecule has 0 saturated heterocycles. The molecular formula is C14H15BrN4O2. The highest BCUT2D eigenvalue weighted by Gasteiger charge is 2.04. The normalized spacial score (nSPS) is 11.2. The quantitative estimate of drug-likeness (QED) is 0.584. The van der Waals surface area contributed by atoms with Crippen LogP contribution in [0.4, 0.5) is 5.95 Å². The van der Waals surface area contributed by atoms with Crippen LogP contribution >= 0.6 is 15.9 Å². The summed E-state index contributed by atoms with van der Waals surface area (Å²) in [4.78, 5) is 18.3. The molecule has 1 aromatic heterocycles. The van der Waals surface area contributed by atoms with Gasteiger partial charge in [0.25, 0.3) is 5.56 Å². The van der Waals surface area contributed by atoms with Crippen molar-refractivity contribution in [3.63, 3.8) is 0 Å². The number of H-pyrrole nitrogens is 1. The maximum Gasteiger partial charge on any atom is 0.252 e. The molecule has 0 amide bonds. The second kappa shape index (κ2) is 6.53. The van der Waals surface area contributed by atoms with E-state index in [0.29, 0.717) is 16.1 Å². The largest absolute Gasteiger partial charge is 0.507 e. The van der Waals surface area contributed by atoms with Crippen molar-refractivity contribution < 1.29 is 5.11 Å². The van der Waals surface area contributed by atoms with Gasteiger partial charge in [-0.05, 0) is 45.6 Å². The SMILES string of the molecule is CC(C)c1cc(=O)[nH]c(N/N=C\c2ccc(O)c(Br)c2)n1. The van der Waals surface area contributed by atoms with Gasteiger partial charge in [0.15, 0.2) is 0 Å². The number of benzene rings is 1. The number of phenols is 1. The Hall–Kier alpha value is -2.15. The first-order chi connectivity index (χ1) is 9.95. The Bertz CT molecular complexity index is 725. The topological polar surface area (TPSA) is 90.4 Å². The van der Waals surface area contributed by atoms with E-state index in [4.69, 9.17) is 0 Å². The number of aromatic hydroxyl groups is 1. The molecule has 0 bridgehead atoms. The Labute approximate surface area is 130 Å². The second-order valence-corrected chi connectivity index (χ2v) is 5.61. The van der Waals surface area contributed by atoms with Gasteiger partial charge >= 0.3 is 0 Å². The van der Waals surface area contributed by atoms with Crippen LogP contribution in [0.3, 0.4) is 0 Å². The number of hydrazone groups is 1. The van der Waals surface area contributed by atoms with Crippen LogP contribution in [0, 0.1) is 0 Å². The van der Waals surface area contributed by atoms with E-state index in [2.05, 4.69) is 36.4 Å². The van der Waals surface area contributed by atoms with E-state index >= 15 is 0 Å². The van der Waals surface area contributed by atoms with Gasteiger partial charge in [0.05, 0.1) is 16.4 Å². The van der Waals surface area contributed by atoms with Crippen LogP contribution in [-0.2, 0) is 0 Å². The molecule has 0 aliphatic rings. The molecule has 6 nitrogen and oxygen atoms in total. The lowest BCUT2D eigenvalue weighted by Gasteiger charge is -2.05. The number of rotatable bonds is 4. The number of nitrogens with one attached hydrogen (secondary N) is 2. The number of phenolic OH excluding ortho intramolecular Hbond substituents is 1. The summed E-state index contributed by atoms with van der Waals surface area (Å²) in [5.74, 6) is 0.612. The van der Waals surface area contributed by atoms with Crippen molar-refractivity contribution in [2.24, 2.45) is 5.10 Å². The van der Waals surface area contributed by atoms with Crippen LogP contribution in [0.15, 0.2) is 38.6 Å². The van der Waals surface area contributed by atoms with E-state index in [1.165, 1.54) is 6.07 Å². The van der Waals surface area contributed by atoms with Crippen molar-refractivity contribution in [3.05, 3.63) is 50.3 Å². The Morgan fingerprint density at radius 2 is 2.19 bits per heavy atom. The van der Waals surface area contributed by atoms with E-state index in [9.17, 15) is 9.90 Å². The first-order valence-electron chi connectivity index (χ1n) is 6.34. The minimum Gasteiger partial charge on any atom is -0.507 e. The van der Waals surface area contributed by atoms with E-state index in [0.717, 1.165) is 5.56 Å². The van der Waals surface area contributed by atoms with Crippen molar-refractivity contribution in [1.29, 1.82) is 0 Å². The fourth-order valence-electron chi connectivity index (χ4n) is 1.60. The smallest absolute Gasteiger partial charge is 0.252 e. The molecule has 2 rings (SSSR count). The van der Waals surface area contributed by atoms with Gasteiger partial charge < -0.3 is 5.11 Å². The summed E-state index contributed by atoms with van der Waals surface area (Å²) in [6.07, 6.45) is 1.56. The standard InChI is InChI=1S/C14H15BrN4O2/c1-8(2)11-6-13(21)18-14(17-11)19-16-7-9-3-4-12(20)10(15)5-9/h3-8,20H,1-2H3,(H2,17,18,19,21)/b16-7-. The summed E-state index contributed by atoms with van der Waals surface area (Å²) in [5.41, 5.74) is 3.95. The van der Waals surface area contributed by atoms with Crippen LogP contribution in [0.25, 0.3) is 0 Å². The van der Waals surface area contributed by atoms with Crippen molar-refractivity contribution >= 4 is 28.1 Å². The fraction of sp³-hybridized carbons (Fsp3) is 0.214. The minimum absolute atomic E-state index is 0.157. The van der Waals surface area contributed by atoms with Gasteiger partial charge in [-0.1, -0.05) is 13.8 Å². The third kappa shape index (κ3) is 4.16. The summed E-state index contributed by atoms with van der Waals surface area (Å²) in [5, 5.41) is 13.4. The van der Waals surface area contributed by atoms with Gasteiger partial charge in [-0.3, -0.25) is 9.78 Å². The number of nitrogens with zero attached hydrogens (tertiary/aromatic N) is 2. The lowest BCUT2D eigenvalue weighted by atomic mass is 10.1. The predicted molar refractivity (Wildman–Crippen MR) is 86.0 cm³/mol. The van der Waals surface area contributed by atoms with E-state index in [1.807, 2.05) is 13.8 Å². The Balaban J connectivity index is 2.13.